The van der Waals surface area contributed by atoms with E-state index in [-0.39, 0.29) is 19.0 Å². The Labute approximate surface area is 93.0 Å². The third-order valence-electron chi connectivity index (χ3n) is 2.02. The van der Waals surface area contributed by atoms with E-state index >= 15 is 0 Å². The summed E-state index contributed by atoms with van der Waals surface area (Å²) in [6.45, 7) is 4.98. The maximum Gasteiger partial charge on any atom is 0.328 e. The minimum absolute atomic E-state index is 0.0748. The van der Waals surface area contributed by atoms with Crippen molar-refractivity contribution in [2.75, 3.05) is 13.1 Å². The van der Waals surface area contributed by atoms with Crippen molar-refractivity contribution in [2.24, 2.45) is 0 Å². The number of halogens is 1. The molecule has 1 saturated heterocycles. The summed E-state index contributed by atoms with van der Waals surface area (Å²) >= 11 is 5.17. The maximum absolute atomic E-state index is 11.7. The van der Waals surface area contributed by atoms with E-state index in [9.17, 15) is 14.4 Å². The summed E-state index contributed by atoms with van der Waals surface area (Å²) in [5, 5.41) is -0.646. The molecule has 1 aliphatic heterocycles. The molecule has 0 aliphatic carbocycles. The maximum atomic E-state index is 11.7. The van der Waals surface area contributed by atoms with Crippen molar-refractivity contribution in [3.63, 3.8) is 0 Å². The Morgan fingerprint density at radius 2 is 1.93 bits per heavy atom. The molecule has 1 aliphatic rings. The Bertz CT molecular complexity index is 322. The molecule has 0 aromatic heterocycles. The van der Waals surface area contributed by atoms with Crippen LogP contribution in [0.3, 0.4) is 0 Å². The summed E-state index contributed by atoms with van der Waals surface area (Å²) in [5.74, 6) is -0.301. The van der Waals surface area contributed by atoms with E-state index in [4.69, 9.17) is 11.6 Å². The molecule has 5 nitrogen and oxygen atoms in total. The van der Waals surface area contributed by atoms with Crippen LogP contribution < -0.4 is 0 Å². The van der Waals surface area contributed by atoms with Gasteiger partial charge < -0.3 is 4.90 Å². The lowest BCUT2D eigenvalue weighted by molar-refractivity contribution is -0.128. The zero-order valence-corrected chi connectivity index (χ0v) is 9.67. The van der Waals surface area contributed by atoms with Gasteiger partial charge in [-0.05, 0) is 32.4 Å². The first-order valence-electron chi connectivity index (χ1n) is 4.54. The number of hydrogen-bond donors (Lipinski definition) is 0. The van der Waals surface area contributed by atoms with Gasteiger partial charge in [0.05, 0.1) is 6.54 Å². The van der Waals surface area contributed by atoms with Crippen LogP contribution in [0.4, 0.5) is 4.79 Å². The van der Waals surface area contributed by atoms with E-state index in [0.29, 0.717) is 0 Å². The molecule has 0 radical (unpaired) electrons. The Morgan fingerprint density at radius 1 is 1.40 bits per heavy atom. The molecule has 0 saturated carbocycles. The molecule has 0 spiro atoms. The van der Waals surface area contributed by atoms with Crippen LogP contribution in [0.2, 0.25) is 0 Å². The highest BCUT2D eigenvalue weighted by Crippen LogP contribution is 2.21. The largest absolute Gasteiger partial charge is 0.328 e. The number of imide groups is 1. The predicted molar refractivity (Wildman–Crippen MR) is 54.4 cm³/mol. The van der Waals surface area contributed by atoms with E-state index in [0.717, 1.165) is 9.80 Å². The normalized spacial score (nSPS) is 17.6. The fraction of sp³-hybridized carbons (Fsp3) is 0.667. The van der Waals surface area contributed by atoms with Crippen molar-refractivity contribution in [3.05, 3.63) is 0 Å². The van der Waals surface area contributed by atoms with Crippen molar-refractivity contribution >= 4 is 28.8 Å². The van der Waals surface area contributed by atoms with E-state index < -0.39 is 16.8 Å². The lowest BCUT2D eigenvalue weighted by Gasteiger charge is -2.29. The van der Waals surface area contributed by atoms with Crippen LogP contribution in [0.25, 0.3) is 0 Å². The lowest BCUT2D eigenvalue weighted by Crippen LogP contribution is -2.46. The molecule has 15 heavy (non-hydrogen) atoms. The van der Waals surface area contributed by atoms with Gasteiger partial charge in [0, 0.05) is 5.54 Å². The number of nitrogens with zero attached hydrogens (tertiary/aromatic N) is 2. The number of carbonyl (C=O) groups is 3. The molecule has 1 heterocycles. The van der Waals surface area contributed by atoms with Gasteiger partial charge in [-0.15, -0.1) is 0 Å². The molecule has 6 heteroatoms. The van der Waals surface area contributed by atoms with Crippen LogP contribution in [0.15, 0.2) is 0 Å². The molecular formula is C9H13ClN2O3. The molecule has 3 amide bonds. The first-order valence-corrected chi connectivity index (χ1v) is 4.91. The van der Waals surface area contributed by atoms with E-state index in [1.807, 2.05) is 0 Å². The summed E-state index contributed by atoms with van der Waals surface area (Å²) in [5.41, 5.74) is -0.571. The van der Waals surface area contributed by atoms with Crippen LogP contribution >= 0.6 is 11.6 Å². The van der Waals surface area contributed by atoms with Gasteiger partial charge >= 0.3 is 6.03 Å². The third kappa shape index (κ3) is 2.47. The fourth-order valence-electron chi connectivity index (χ4n) is 1.48. The molecule has 0 N–H and O–H groups in total. The van der Waals surface area contributed by atoms with Crippen LogP contribution in [0.5, 0.6) is 0 Å². The van der Waals surface area contributed by atoms with Gasteiger partial charge in [0.15, 0.2) is 0 Å². The van der Waals surface area contributed by atoms with Crippen LogP contribution in [0.1, 0.15) is 20.8 Å². The fourth-order valence-corrected chi connectivity index (χ4v) is 1.63. The van der Waals surface area contributed by atoms with Gasteiger partial charge in [0.1, 0.15) is 6.54 Å². The molecule has 0 bridgehead atoms. The van der Waals surface area contributed by atoms with Gasteiger partial charge in [-0.2, -0.15) is 0 Å². The predicted octanol–water partition coefficient (Wildman–Crippen LogP) is 0.815. The number of urea groups is 1. The summed E-state index contributed by atoms with van der Waals surface area (Å²) in [6.07, 6.45) is 0. The Balaban J connectivity index is 2.84. The number of amides is 3. The zero-order valence-electron chi connectivity index (χ0n) is 8.91. The van der Waals surface area contributed by atoms with Crippen molar-refractivity contribution in [2.45, 2.75) is 26.3 Å². The molecule has 1 fully saturated rings. The highest BCUT2D eigenvalue weighted by molar-refractivity contribution is 6.64. The standard InChI is InChI=1S/C9H13ClN2O3/c1-9(2,3)12-7(14)5-11(8(12)15)4-6(10)13/h4-5H2,1-3H3. The first kappa shape index (κ1) is 12.0. The minimum atomic E-state index is -0.646. The Kier molecular flexibility index (Phi) is 3.04. The summed E-state index contributed by atoms with van der Waals surface area (Å²) in [7, 11) is 0. The quantitative estimate of drug-likeness (QED) is 0.523. The Morgan fingerprint density at radius 3 is 2.27 bits per heavy atom. The average molecular weight is 233 g/mol. The monoisotopic (exact) mass is 232 g/mol. The lowest BCUT2D eigenvalue weighted by atomic mass is 10.1. The highest BCUT2D eigenvalue weighted by Gasteiger charge is 2.42. The highest BCUT2D eigenvalue weighted by atomic mass is 35.5. The third-order valence-corrected chi connectivity index (χ3v) is 2.14. The van der Waals surface area contributed by atoms with Gasteiger partial charge in [-0.25, -0.2) is 4.79 Å². The van der Waals surface area contributed by atoms with Crippen molar-refractivity contribution in [3.8, 4) is 0 Å². The number of rotatable bonds is 2. The zero-order chi connectivity index (χ0) is 11.8. The minimum Gasteiger partial charge on any atom is -0.306 e. The average Bonchev–Trinajstić information content (AvgIpc) is 2.23. The molecular weight excluding hydrogens is 220 g/mol. The molecule has 0 unspecified atom stereocenters. The van der Waals surface area contributed by atoms with Gasteiger partial charge in [-0.1, -0.05) is 0 Å². The molecule has 0 aromatic rings. The first-order chi connectivity index (χ1) is 6.73. The molecule has 84 valence electrons. The van der Waals surface area contributed by atoms with Crippen LogP contribution in [-0.2, 0) is 9.59 Å². The number of carbonyl (C=O) groups excluding carboxylic acids is 3. The van der Waals surface area contributed by atoms with Crippen LogP contribution in [-0.4, -0.2) is 45.6 Å². The molecule has 0 aromatic carbocycles. The Hall–Kier alpha value is -1.10. The number of hydrogen-bond acceptors (Lipinski definition) is 3. The van der Waals surface area contributed by atoms with Crippen LogP contribution in [0, 0.1) is 0 Å². The van der Waals surface area contributed by atoms with E-state index in [2.05, 4.69) is 0 Å². The van der Waals surface area contributed by atoms with Crippen molar-refractivity contribution in [1.82, 2.24) is 9.80 Å². The summed E-state index contributed by atoms with van der Waals surface area (Å²) in [6, 6.07) is -0.457. The SMILES string of the molecule is CC(C)(C)N1C(=O)CN(CC(=O)Cl)C1=O. The van der Waals surface area contributed by atoms with E-state index in [1.165, 1.54) is 0 Å². The topological polar surface area (TPSA) is 57.7 Å². The second-order valence-electron chi connectivity index (χ2n) is 4.39. The van der Waals surface area contributed by atoms with Crippen molar-refractivity contribution < 1.29 is 14.4 Å². The molecule has 0 atom stereocenters. The second kappa shape index (κ2) is 3.81. The summed E-state index contributed by atoms with van der Waals surface area (Å²) in [4.78, 5) is 36.2. The summed E-state index contributed by atoms with van der Waals surface area (Å²) < 4.78 is 0. The van der Waals surface area contributed by atoms with Gasteiger partial charge in [-0.3, -0.25) is 14.5 Å². The van der Waals surface area contributed by atoms with E-state index in [1.54, 1.807) is 20.8 Å². The molecule has 1 rings (SSSR count). The second-order valence-corrected chi connectivity index (χ2v) is 4.82. The smallest absolute Gasteiger partial charge is 0.306 e. The van der Waals surface area contributed by atoms with Gasteiger partial charge in [0.2, 0.25) is 5.24 Å². The van der Waals surface area contributed by atoms with Crippen molar-refractivity contribution in [1.29, 1.82) is 0 Å². The van der Waals surface area contributed by atoms with Gasteiger partial charge in [0.25, 0.3) is 5.91 Å².